The summed E-state index contributed by atoms with van der Waals surface area (Å²) in [6.07, 6.45) is 1.13. The van der Waals surface area contributed by atoms with E-state index in [-0.39, 0.29) is 18.3 Å². The van der Waals surface area contributed by atoms with E-state index in [0.717, 1.165) is 36.7 Å². The highest BCUT2D eigenvalue weighted by molar-refractivity contribution is 5.85. The van der Waals surface area contributed by atoms with E-state index in [9.17, 15) is 4.79 Å². The number of aromatic amines is 1. The number of halogens is 1. The van der Waals surface area contributed by atoms with E-state index in [2.05, 4.69) is 26.7 Å². The molecule has 1 aliphatic rings. The molecule has 1 amide bonds. The van der Waals surface area contributed by atoms with Gasteiger partial charge in [0.05, 0.1) is 42.5 Å². The van der Waals surface area contributed by atoms with Crippen LogP contribution in [0.25, 0.3) is 0 Å². The number of ether oxygens (including phenoxy) is 1. The van der Waals surface area contributed by atoms with Crippen LogP contribution in [-0.2, 0) is 42.2 Å². The summed E-state index contributed by atoms with van der Waals surface area (Å²) in [7, 11) is 3.44. The Morgan fingerprint density at radius 3 is 3.00 bits per heavy atom. The van der Waals surface area contributed by atoms with Crippen LogP contribution in [-0.4, -0.2) is 51.5 Å². The van der Waals surface area contributed by atoms with Crippen molar-refractivity contribution in [2.45, 2.75) is 39.1 Å². The van der Waals surface area contributed by atoms with Crippen molar-refractivity contribution in [1.82, 2.24) is 30.2 Å². The van der Waals surface area contributed by atoms with Gasteiger partial charge in [-0.25, -0.2) is 0 Å². The molecule has 0 spiro atoms. The number of nitrogens with one attached hydrogen (secondary N) is 2. The third kappa shape index (κ3) is 5.04. The fourth-order valence-corrected chi connectivity index (χ4v) is 2.86. The number of methoxy groups -OCH3 is 1. The molecular formula is C16H25ClN6O2. The van der Waals surface area contributed by atoms with E-state index in [4.69, 9.17) is 4.74 Å². The van der Waals surface area contributed by atoms with Crippen LogP contribution >= 0.6 is 12.4 Å². The number of carbonyl (C=O) groups is 1. The summed E-state index contributed by atoms with van der Waals surface area (Å²) < 4.78 is 7.07. The second-order valence-electron chi connectivity index (χ2n) is 6.09. The van der Waals surface area contributed by atoms with Gasteiger partial charge >= 0.3 is 0 Å². The van der Waals surface area contributed by atoms with Crippen molar-refractivity contribution in [3.8, 4) is 0 Å². The quantitative estimate of drug-likeness (QED) is 0.757. The lowest BCUT2D eigenvalue weighted by Gasteiger charge is -2.15. The third-order valence-electron chi connectivity index (χ3n) is 4.12. The molecule has 9 heteroatoms. The molecule has 2 N–H and O–H groups in total. The summed E-state index contributed by atoms with van der Waals surface area (Å²) in [5.74, 6) is 0.0991. The number of rotatable bonds is 7. The molecule has 3 heterocycles. The molecule has 0 aromatic carbocycles. The van der Waals surface area contributed by atoms with E-state index in [1.165, 1.54) is 5.69 Å². The zero-order chi connectivity index (χ0) is 16.9. The van der Waals surface area contributed by atoms with Crippen LogP contribution in [0.4, 0.5) is 0 Å². The summed E-state index contributed by atoms with van der Waals surface area (Å²) in [5, 5.41) is 15.0. The molecule has 2 aromatic heterocycles. The molecule has 3 rings (SSSR count). The normalized spacial score (nSPS) is 13.2. The van der Waals surface area contributed by atoms with E-state index in [1.54, 1.807) is 19.1 Å². The lowest BCUT2D eigenvalue weighted by molar-refractivity contribution is -0.130. The van der Waals surface area contributed by atoms with E-state index in [0.29, 0.717) is 26.0 Å². The number of carbonyl (C=O) groups excluding carboxylic acids is 1. The van der Waals surface area contributed by atoms with Crippen LogP contribution in [0.15, 0.2) is 12.1 Å². The zero-order valence-corrected chi connectivity index (χ0v) is 15.4. The van der Waals surface area contributed by atoms with Crippen LogP contribution < -0.4 is 5.32 Å². The van der Waals surface area contributed by atoms with Crippen LogP contribution in [0.3, 0.4) is 0 Å². The van der Waals surface area contributed by atoms with Crippen LogP contribution in [0.1, 0.15) is 29.2 Å². The van der Waals surface area contributed by atoms with Crippen molar-refractivity contribution in [2.75, 3.05) is 20.7 Å². The maximum absolute atomic E-state index is 12.3. The molecule has 0 atom stereocenters. The average Bonchev–Trinajstić information content (AvgIpc) is 3.19. The zero-order valence-electron chi connectivity index (χ0n) is 14.6. The maximum Gasteiger partial charge on any atom is 0.223 e. The first kappa shape index (κ1) is 19.4. The van der Waals surface area contributed by atoms with Gasteiger partial charge in [0.1, 0.15) is 0 Å². The second kappa shape index (κ2) is 8.98. The van der Waals surface area contributed by atoms with Gasteiger partial charge in [0.2, 0.25) is 5.91 Å². The molecule has 0 radical (unpaired) electrons. The largest absolute Gasteiger partial charge is 0.378 e. The highest BCUT2D eigenvalue weighted by Crippen LogP contribution is 2.11. The summed E-state index contributed by atoms with van der Waals surface area (Å²) >= 11 is 0. The fourth-order valence-electron chi connectivity index (χ4n) is 2.86. The van der Waals surface area contributed by atoms with Gasteiger partial charge in [-0.1, -0.05) is 0 Å². The van der Waals surface area contributed by atoms with Gasteiger partial charge < -0.3 is 15.0 Å². The number of nitrogens with zero attached hydrogens (tertiary/aromatic N) is 4. The average molecular weight is 369 g/mol. The predicted molar refractivity (Wildman–Crippen MR) is 95.3 cm³/mol. The number of amides is 1. The number of aromatic nitrogens is 4. The van der Waals surface area contributed by atoms with Crippen LogP contribution in [0, 0.1) is 0 Å². The van der Waals surface area contributed by atoms with Crippen LogP contribution in [0.5, 0.6) is 0 Å². The van der Waals surface area contributed by atoms with Gasteiger partial charge in [-0.15, -0.1) is 12.4 Å². The van der Waals surface area contributed by atoms with E-state index < -0.39 is 0 Å². The van der Waals surface area contributed by atoms with Crippen molar-refractivity contribution in [3.05, 3.63) is 34.9 Å². The molecule has 138 valence electrons. The van der Waals surface area contributed by atoms with Crippen molar-refractivity contribution in [2.24, 2.45) is 0 Å². The number of fused-ring (bicyclic) bond motifs is 1. The SMILES string of the molecule is COCc1cc(CN(C)C(=O)CCc2cc3n(n2)CCNC3)[nH]n1.Cl. The van der Waals surface area contributed by atoms with Crippen molar-refractivity contribution < 1.29 is 9.53 Å². The predicted octanol–water partition coefficient (Wildman–Crippen LogP) is 0.869. The molecular weight excluding hydrogens is 344 g/mol. The minimum Gasteiger partial charge on any atom is -0.378 e. The smallest absolute Gasteiger partial charge is 0.223 e. The minimum atomic E-state index is 0. The highest BCUT2D eigenvalue weighted by Gasteiger charge is 2.15. The lowest BCUT2D eigenvalue weighted by atomic mass is 10.2. The third-order valence-corrected chi connectivity index (χ3v) is 4.12. The van der Waals surface area contributed by atoms with Gasteiger partial charge in [0.25, 0.3) is 0 Å². The summed E-state index contributed by atoms with van der Waals surface area (Å²) in [6.45, 7) is 3.68. The Morgan fingerprint density at radius 2 is 2.24 bits per heavy atom. The minimum absolute atomic E-state index is 0. The van der Waals surface area contributed by atoms with Crippen molar-refractivity contribution in [3.63, 3.8) is 0 Å². The Morgan fingerprint density at radius 1 is 1.40 bits per heavy atom. The van der Waals surface area contributed by atoms with Gasteiger partial charge in [-0.2, -0.15) is 10.2 Å². The summed E-state index contributed by atoms with van der Waals surface area (Å²) in [4.78, 5) is 14.0. The Hall–Kier alpha value is -1.90. The Kier molecular flexibility index (Phi) is 6.98. The van der Waals surface area contributed by atoms with E-state index >= 15 is 0 Å². The molecule has 2 aromatic rings. The van der Waals surface area contributed by atoms with Crippen molar-refractivity contribution in [1.29, 1.82) is 0 Å². The topological polar surface area (TPSA) is 88.1 Å². The second-order valence-corrected chi connectivity index (χ2v) is 6.09. The molecule has 8 nitrogen and oxygen atoms in total. The van der Waals surface area contributed by atoms with Crippen molar-refractivity contribution >= 4 is 18.3 Å². The van der Waals surface area contributed by atoms with Gasteiger partial charge in [0.15, 0.2) is 0 Å². The lowest BCUT2D eigenvalue weighted by Crippen LogP contribution is -2.28. The number of aryl methyl sites for hydroxylation is 1. The van der Waals surface area contributed by atoms with Gasteiger partial charge in [0, 0.05) is 40.1 Å². The molecule has 0 saturated carbocycles. The maximum atomic E-state index is 12.3. The molecule has 0 saturated heterocycles. The Labute approximate surface area is 153 Å². The highest BCUT2D eigenvalue weighted by atomic mass is 35.5. The first-order valence-corrected chi connectivity index (χ1v) is 8.18. The molecule has 1 aliphatic heterocycles. The molecule has 0 bridgehead atoms. The Bertz CT molecular complexity index is 675. The summed E-state index contributed by atoms with van der Waals surface area (Å²) in [6, 6.07) is 4.01. The summed E-state index contributed by atoms with van der Waals surface area (Å²) in [5.41, 5.74) is 3.92. The first-order valence-electron chi connectivity index (χ1n) is 8.18. The Balaban J connectivity index is 0.00000225. The number of hydrogen-bond acceptors (Lipinski definition) is 5. The van der Waals surface area contributed by atoms with E-state index in [1.807, 2.05) is 10.7 Å². The molecule has 0 aliphatic carbocycles. The first-order chi connectivity index (χ1) is 11.7. The van der Waals surface area contributed by atoms with Gasteiger partial charge in [-0.05, 0) is 12.1 Å². The monoisotopic (exact) mass is 368 g/mol. The molecule has 0 fully saturated rings. The number of H-pyrrole nitrogens is 1. The molecule has 25 heavy (non-hydrogen) atoms. The standard InChI is InChI=1S/C16H24N6O2.ClH/c1-21(10-13-7-14(11-24-2)19-18-13)16(23)4-3-12-8-15-9-17-5-6-22(15)20-12;/h7-8,17H,3-6,9-11H2,1-2H3,(H,18,19);1H. The van der Waals surface area contributed by atoms with Crippen LogP contribution in [0.2, 0.25) is 0 Å². The van der Waals surface area contributed by atoms with Gasteiger partial charge in [-0.3, -0.25) is 14.6 Å². The molecule has 0 unspecified atom stereocenters. The number of hydrogen-bond donors (Lipinski definition) is 2. The fraction of sp³-hybridized carbons (Fsp3) is 0.562.